The zero-order valence-electron chi connectivity index (χ0n) is 9.00. The minimum Gasteiger partial charge on any atom is -0.323 e. The van der Waals surface area contributed by atoms with Gasteiger partial charge >= 0.3 is 0 Å². The topological polar surface area (TPSA) is 29.1 Å². The predicted molar refractivity (Wildman–Crippen MR) is 59.7 cm³/mol. The Bertz CT molecular complexity index is 440. The Morgan fingerprint density at radius 2 is 2.19 bits per heavy atom. The minimum atomic E-state index is -0.318. The molecule has 1 atom stereocenters. The maximum Gasteiger partial charge on any atom is 0.232 e. The number of hydrogen-bond acceptors (Lipinski definition) is 1. The van der Waals surface area contributed by atoms with E-state index in [-0.39, 0.29) is 17.6 Å². The van der Waals surface area contributed by atoms with Crippen LogP contribution in [-0.4, -0.2) is 5.91 Å². The third-order valence-electron chi connectivity index (χ3n) is 3.78. The van der Waals surface area contributed by atoms with E-state index in [1.807, 2.05) is 6.07 Å². The maximum absolute atomic E-state index is 13.5. The fourth-order valence-electron chi connectivity index (χ4n) is 2.61. The molecule has 1 amide bonds. The summed E-state index contributed by atoms with van der Waals surface area (Å²) in [7, 11) is 0. The molecule has 0 saturated heterocycles. The van der Waals surface area contributed by atoms with Crippen LogP contribution in [0, 0.1) is 11.7 Å². The van der Waals surface area contributed by atoms with Crippen LogP contribution in [0.15, 0.2) is 18.2 Å². The Morgan fingerprint density at radius 3 is 2.88 bits per heavy atom. The molecule has 0 radical (unpaired) electrons. The number of para-hydroxylation sites is 1. The van der Waals surface area contributed by atoms with Gasteiger partial charge in [-0.3, -0.25) is 4.79 Å². The van der Waals surface area contributed by atoms with Crippen molar-refractivity contribution >= 4 is 11.6 Å². The summed E-state index contributed by atoms with van der Waals surface area (Å²) in [6.45, 7) is 0. The van der Waals surface area contributed by atoms with E-state index in [2.05, 4.69) is 5.32 Å². The molecule has 1 aliphatic heterocycles. The van der Waals surface area contributed by atoms with Crippen molar-refractivity contribution in [2.45, 2.75) is 31.6 Å². The van der Waals surface area contributed by atoms with E-state index >= 15 is 0 Å². The number of nitrogens with one attached hydrogen (secondary N) is 1. The molecule has 1 aliphatic carbocycles. The van der Waals surface area contributed by atoms with E-state index in [0.29, 0.717) is 11.6 Å². The molecule has 2 aliphatic rings. The standard InChI is InChI=1S/C13H14FNO/c14-11-6-2-5-9-10(7-8-3-1-4-8)13(16)15-12(9)11/h2,5-6,8,10H,1,3-4,7H2,(H,15,16). The summed E-state index contributed by atoms with van der Waals surface area (Å²) in [6, 6.07) is 4.94. The van der Waals surface area contributed by atoms with Gasteiger partial charge in [-0.05, 0) is 24.0 Å². The first-order chi connectivity index (χ1) is 7.75. The van der Waals surface area contributed by atoms with Crippen molar-refractivity contribution in [1.82, 2.24) is 0 Å². The summed E-state index contributed by atoms with van der Waals surface area (Å²) in [5.74, 6) is 0.176. The van der Waals surface area contributed by atoms with E-state index in [0.717, 1.165) is 12.0 Å². The Labute approximate surface area is 93.9 Å². The SMILES string of the molecule is O=C1Nc2c(F)cccc2C1CC1CCC1. The summed E-state index contributed by atoms with van der Waals surface area (Å²) < 4.78 is 13.5. The van der Waals surface area contributed by atoms with Gasteiger partial charge in [0.2, 0.25) is 5.91 Å². The lowest BCUT2D eigenvalue weighted by Gasteiger charge is -2.27. The van der Waals surface area contributed by atoms with Crippen LogP contribution < -0.4 is 5.32 Å². The largest absolute Gasteiger partial charge is 0.323 e. The minimum absolute atomic E-state index is 0.0352. The molecule has 0 spiro atoms. The monoisotopic (exact) mass is 219 g/mol. The number of rotatable bonds is 2. The van der Waals surface area contributed by atoms with Gasteiger partial charge in [-0.25, -0.2) is 4.39 Å². The molecule has 16 heavy (non-hydrogen) atoms. The highest BCUT2D eigenvalue weighted by Gasteiger charge is 2.35. The van der Waals surface area contributed by atoms with Crippen LogP contribution in [0.2, 0.25) is 0 Å². The molecule has 0 aromatic heterocycles. The predicted octanol–water partition coefficient (Wildman–Crippen LogP) is 3.05. The number of fused-ring (bicyclic) bond motifs is 1. The van der Waals surface area contributed by atoms with Crippen LogP contribution in [0.25, 0.3) is 0 Å². The van der Waals surface area contributed by atoms with E-state index in [9.17, 15) is 9.18 Å². The lowest BCUT2D eigenvalue weighted by atomic mass is 9.77. The van der Waals surface area contributed by atoms with E-state index in [1.54, 1.807) is 6.07 Å². The van der Waals surface area contributed by atoms with Crippen molar-refractivity contribution in [3.63, 3.8) is 0 Å². The molecule has 84 valence electrons. The van der Waals surface area contributed by atoms with Gasteiger partial charge in [-0.15, -0.1) is 0 Å². The van der Waals surface area contributed by atoms with Gasteiger partial charge in [-0.2, -0.15) is 0 Å². The van der Waals surface area contributed by atoms with Crippen LogP contribution in [0.5, 0.6) is 0 Å². The third kappa shape index (κ3) is 1.42. The molecule has 3 heteroatoms. The highest BCUT2D eigenvalue weighted by atomic mass is 19.1. The van der Waals surface area contributed by atoms with E-state index in [1.165, 1.54) is 25.3 Å². The molecule has 1 aromatic rings. The Hall–Kier alpha value is -1.38. The van der Waals surface area contributed by atoms with Crippen molar-refractivity contribution in [2.24, 2.45) is 5.92 Å². The number of benzene rings is 1. The van der Waals surface area contributed by atoms with Crippen LogP contribution in [-0.2, 0) is 4.79 Å². The fourth-order valence-corrected chi connectivity index (χ4v) is 2.61. The average molecular weight is 219 g/mol. The van der Waals surface area contributed by atoms with Gasteiger partial charge < -0.3 is 5.32 Å². The first-order valence-corrected chi connectivity index (χ1v) is 5.85. The number of halogens is 1. The molecule has 1 aromatic carbocycles. The fraction of sp³-hybridized carbons (Fsp3) is 0.462. The van der Waals surface area contributed by atoms with Crippen LogP contribution in [0.3, 0.4) is 0 Å². The van der Waals surface area contributed by atoms with Crippen molar-refractivity contribution in [1.29, 1.82) is 0 Å². The van der Waals surface area contributed by atoms with Crippen LogP contribution in [0.4, 0.5) is 10.1 Å². The van der Waals surface area contributed by atoms with Gasteiger partial charge in [0.15, 0.2) is 0 Å². The molecule has 0 bridgehead atoms. The average Bonchev–Trinajstić information content (AvgIpc) is 2.51. The lowest BCUT2D eigenvalue weighted by molar-refractivity contribution is -0.117. The third-order valence-corrected chi connectivity index (χ3v) is 3.78. The molecule has 2 nitrogen and oxygen atoms in total. The molecular weight excluding hydrogens is 205 g/mol. The van der Waals surface area contributed by atoms with Crippen molar-refractivity contribution in [2.75, 3.05) is 5.32 Å². The molecule has 1 unspecified atom stereocenters. The molecule has 1 fully saturated rings. The molecule has 1 heterocycles. The smallest absolute Gasteiger partial charge is 0.232 e. The number of anilines is 1. The second kappa shape index (κ2) is 3.58. The quantitative estimate of drug-likeness (QED) is 0.813. The zero-order chi connectivity index (χ0) is 11.1. The number of hydrogen-bond donors (Lipinski definition) is 1. The summed E-state index contributed by atoms with van der Waals surface area (Å²) in [5.41, 5.74) is 1.24. The Balaban J connectivity index is 1.89. The van der Waals surface area contributed by atoms with Crippen molar-refractivity contribution in [3.8, 4) is 0 Å². The second-order valence-electron chi connectivity index (χ2n) is 4.78. The zero-order valence-corrected chi connectivity index (χ0v) is 9.00. The van der Waals surface area contributed by atoms with E-state index in [4.69, 9.17) is 0 Å². The summed E-state index contributed by atoms with van der Waals surface area (Å²) in [6.07, 6.45) is 4.58. The lowest BCUT2D eigenvalue weighted by Crippen LogP contribution is -2.19. The van der Waals surface area contributed by atoms with Crippen molar-refractivity contribution < 1.29 is 9.18 Å². The molecule has 3 rings (SSSR count). The highest BCUT2D eigenvalue weighted by Crippen LogP contribution is 2.42. The van der Waals surface area contributed by atoms with E-state index < -0.39 is 0 Å². The maximum atomic E-state index is 13.5. The summed E-state index contributed by atoms with van der Waals surface area (Å²) in [4.78, 5) is 11.8. The number of carbonyl (C=O) groups is 1. The molecule has 1 saturated carbocycles. The van der Waals surface area contributed by atoms with Crippen molar-refractivity contribution in [3.05, 3.63) is 29.6 Å². The summed E-state index contributed by atoms with van der Waals surface area (Å²) in [5, 5.41) is 2.66. The van der Waals surface area contributed by atoms with Crippen LogP contribution >= 0.6 is 0 Å². The molecule has 1 N–H and O–H groups in total. The number of carbonyl (C=O) groups excluding carboxylic acids is 1. The van der Waals surface area contributed by atoms with Gasteiger partial charge in [0, 0.05) is 0 Å². The highest BCUT2D eigenvalue weighted by molar-refractivity contribution is 6.02. The van der Waals surface area contributed by atoms with Gasteiger partial charge in [0.05, 0.1) is 11.6 Å². The first-order valence-electron chi connectivity index (χ1n) is 5.85. The van der Waals surface area contributed by atoms with Gasteiger partial charge in [0.25, 0.3) is 0 Å². The van der Waals surface area contributed by atoms with Gasteiger partial charge in [0.1, 0.15) is 5.82 Å². The second-order valence-corrected chi connectivity index (χ2v) is 4.78. The van der Waals surface area contributed by atoms with Gasteiger partial charge in [-0.1, -0.05) is 31.4 Å². The summed E-state index contributed by atoms with van der Waals surface area (Å²) >= 11 is 0. The number of amides is 1. The Morgan fingerprint density at radius 1 is 1.38 bits per heavy atom. The van der Waals surface area contributed by atoms with Crippen LogP contribution in [0.1, 0.15) is 37.2 Å². The normalized spacial score (nSPS) is 23.8. The first kappa shape index (κ1) is 9.82. The molecular formula is C13H14FNO. The Kier molecular flexibility index (Phi) is 2.20.